The Kier molecular flexibility index (Phi) is 5.32. The zero-order valence-corrected chi connectivity index (χ0v) is 16.4. The van der Waals surface area contributed by atoms with Gasteiger partial charge in [-0.05, 0) is 64.1 Å². The van der Waals surface area contributed by atoms with Gasteiger partial charge in [0.1, 0.15) is 0 Å². The minimum atomic E-state index is 0.151. The fourth-order valence-electron chi connectivity index (χ4n) is 4.24. The van der Waals surface area contributed by atoms with Crippen molar-refractivity contribution in [1.29, 1.82) is 0 Å². The molecule has 1 N–H and O–H groups in total. The highest BCUT2D eigenvalue weighted by Gasteiger charge is 2.34. The normalized spacial score (nSPS) is 25.3. The third-order valence-electron chi connectivity index (χ3n) is 5.97. The maximum Gasteiger partial charge on any atom is 0.263 e. The van der Waals surface area contributed by atoms with Crippen LogP contribution in [0.5, 0.6) is 0 Å². The molecule has 3 heterocycles. The first-order valence-corrected chi connectivity index (χ1v) is 10.8. The lowest BCUT2D eigenvalue weighted by Gasteiger charge is -2.42. The number of carbonyl (C=O) groups excluding carboxylic acids is 2. The summed E-state index contributed by atoms with van der Waals surface area (Å²) < 4.78 is 0. The van der Waals surface area contributed by atoms with Gasteiger partial charge in [-0.1, -0.05) is 0 Å². The summed E-state index contributed by atoms with van der Waals surface area (Å²) in [5, 5.41) is 3.17. The van der Waals surface area contributed by atoms with Crippen LogP contribution in [0.15, 0.2) is 12.1 Å². The van der Waals surface area contributed by atoms with Crippen LogP contribution in [0.2, 0.25) is 0 Å². The Labute approximate surface area is 159 Å². The van der Waals surface area contributed by atoms with E-state index in [0.29, 0.717) is 12.1 Å². The van der Waals surface area contributed by atoms with E-state index in [-0.39, 0.29) is 17.7 Å². The number of nitrogens with one attached hydrogen (secondary N) is 1. The van der Waals surface area contributed by atoms with Gasteiger partial charge >= 0.3 is 0 Å². The molecule has 1 aromatic heterocycles. The zero-order valence-electron chi connectivity index (χ0n) is 15.6. The quantitative estimate of drug-likeness (QED) is 0.880. The summed E-state index contributed by atoms with van der Waals surface area (Å²) in [6, 6.07) is 4.93. The molecule has 2 aliphatic heterocycles. The van der Waals surface area contributed by atoms with Crippen LogP contribution < -0.4 is 5.32 Å². The van der Waals surface area contributed by atoms with Crippen molar-refractivity contribution in [2.24, 2.45) is 5.92 Å². The molecule has 4 rings (SSSR count). The maximum atomic E-state index is 12.6. The molecule has 0 radical (unpaired) electrons. The molecule has 3 fully saturated rings. The molecule has 6 heteroatoms. The topological polar surface area (TPSA) is 52.7 Å². The first-order chi connectivity index (χ1) is 12.6. The van der Waals surface area contributed by atoms with Gasteiger partial charge in [-0.25, -0.2) is 0 Å². The van der Waals surface area contributed by atoms with Crippen molar-refractivity contribution in [2.75, 3.05) is 26.2 Å². The largest absolute Gasteiger partial charge is 0.353 e. The number of aryl methyl sites for hydroxylation is 1. The van der Waals surface area contributed by atoms with Gasteiger partial charge in [0.05, 0.1) is 10.8 Å². The fourth-order valence-corrected chi connectivity index (χ4v) is 5.07. The van der Waals surface area contributed by atoms with E-state index in [1.807, 2.05) is 24.0 Å². The fraction of sp³-hybridized carbons (Fsp3) is 0.700. The minimum Gasteiger partial charge on any atom is -0.353 e. The van der Waals surface area contributed by atoms with Crippen LogP contribution in [0.1, 0.15) is 53.1 Å². The van der Waals surface area contributed by atoms with Gasteiger partial charge in [-0.3, -0.25) is 14.5 Å². The summed E-state index contributed by atoms with van der Waals surface area (Å²) in [6.07, 6.45) is 6.47. The Morgan fingerprint density at radius 1 is 1.08 bits per heavy atom. The van der Waals surface area contributed by atoms with Crippen molar-refractivity contribution in [3.05, 3.63) is 21.9 Å². The number of piperidine rings is 2. The van der Waals surface area contributed by atoms with Gasteiger partial charge < -0.3 is 10.2 Å². The highest BCUT2D eigenvalue weighted by molar-refractivity contribution is 7.13. The molecule has 26 heavy (non-hydrogen) atoms. The molecule has 5 nitrogen and oxygen atoms in total. The third-order valence-corrected chi connectivity index (χ3v) is 6.96. The molecule has 0 unspecified atom stereocenters. The van der Waals surface area contributed by atoms with Gasteiger partial charge in [0.15, 0.2) is 0 Å². The van der Waals surface area contributed by atoms with Crippen molar-refractivity contribution in [1.82, 2.24) is 15.1 Å². The predicted molar refractivity (Wildman–Crippen MR) is 103 cm³/mol. The lowest BCUT2D eigenvalue weighted by atomic mass is 9.93. The van der Waals surface area contributed by atoms with Crippen LogP contribution >= 0.6 is 11.3 Å². The second-order valence-corrected chi connectivity index (χ2v) is 9.34. The van der Waals surface area contributed by atoms with Crippen LogP contribution in [0.25, 0.3) is 0 Å². The molecule has 2 amide bonds. The highest BCUT2D eigenvalue weighted by atomic mass is 32.1. The molecule has 0 bridgehead atoms. The first-order valence-electron chi connectivity index (χ1n) is 10.0. The second kappa shape index (κ2) is 7.69. The average molecular weight is 376 g/mol. The molecular weight excluding hydrogens is 346 g/mol. The molecule has 3 aliphatic rings. The van der Waals surface area contributed by atoms with E-state index in [1.165, 1.54) is 4.88 Å². The number of thiophene rings is 1. The van der Waals surface area contributed by atoms with Crippen molar-refractivity contribution in [3.63, 3.8) is 0 Å². The van der Waals surface area contributed by atoms with Crippen molar-refractivity contribution in [2.45, 2.75) is 57.5 Å². The zero-order chi connectivity index (χ0) is 18.1. The van der Waals surface area contributed by atoms with Crippen molar-refractivity contribution < 1.29 is 9.59 Å². The van der Waals surface area contributed by atoms with Crippen molar-refractivity contribution in [3.8, 4) is 0 Å². The van der Waals surface area contributed by atoms with Crippen LogP contribution in [0.4, 0.5) is 0 Å². The second-order valence-electron chi connectivity index (χ2n) is 8.05. The van der Waals surface area contributed by atoms with E-state index < -0.39 is 0 Å². The lowest BCUT2D eigenvalue weighted by molar-refractivity contribution is -0.127. The Balaban J connectivity index is 1.28. The Morgan fingerprint density at radius 3 is 2.50 bits per heavy atom. The highest BCUT2D eigenvalue weighted by Crippen LogP contribution is 2.27. The van der Waals surface area contributed by atoms with E-state index in [0.717, 1.165) is 69.6 Å². The molecule has 1 aliphatic carbocycles. The number of rotatable bonds is 4. The molecule has 142 valence electrons. The summed E-state index contributed by atoms with van der Waals surface area (Å²) in [5.74, 6) is 0.595. The van der Waals surface area contributed by atoms with E-state index in [2.05, 4.69) is 10.2 Å². The third kappa shape index (κ3) is 4.12. The van der Waals surface area contributed by atoms with Gasteiger partial charge in [0.2, 0.25) is 5.91 Å². The Bertz CT molecular complexity index is 662. The van der Waals surface area contributed by atoms with Gasteiger partial charge in [0.25, 0.3) is 5.91 Å². The number of hydrogen-bond acceptors (Lipinski definition) is 4. The predicted octanol–water partition coefficient (Wildman–Crippen LogP) is 2.65. The van der Waals surface area contributed by atoms with Crippen LogP contribution in [-0.4, -0.2) is 59.9 Å². The van der Waals surface area contributed by atoms with E-state index >= 15 is 0 Å². The monoisotopic (exact) mass is 375 g/mol. The minimum absolute atomic E-state index is 0.151. The maximum absolute atomic E-state index is 12.6. The summed E-state index contributed by atoms with van der Waals surface area (Å²) >= 11 is 1.59. The Hall–Kier alpha value is -1.40. The van der Waals surface area contributed by atoms with E-state index in [1.54, 1.807) is 11.3 Å². The molecular formula is C20H29N3O2S. The first kappa shape index (κ1) is 18.0. The smallest absolute Gasteiger partial charge is 0.263 e. The van der Waals surface area contributed by atoms with Gasteiger partial charge in [-0.2, -0.15) is 0 Å². The van der Waals surface area contributed by atoms with Gasteiger partial charge in [0, 0.05) is 36.6 Å². The van der Waals surface area contributed by atoms with Crippen LogP contribution in [0.3, 0.4) is 0 Å². The number of nitrogens with zero attached hydrogens (tertiary/aromatic N) is 2. The molecule has 1 saturated carbocycles. The lowest BCUT2D eigenvalue weighted by Crippen LogP contribution is -2.51. The number of carbonyl (C=O) groups is 2. The molecule has 1 atom stereocenters. The summed E-state index contributed by atoms with van der Waals surface area (Å²) in [7, 11) is 0. The molecule has 1 aromatic rings. The summed E-state index contributed by atoms with van der Waals surface area (Å²) in [5.41, 5.74) is 0. The van der Waals surface area contributed by atoms with E-state index in [9.17, 15) is 9.59 Å². The molecule has 0 spiro atoms. The standard InChI is InChI=1S/C20H29N3O2S/c1-14-4-7-18(26-14)20(25)22-11-8-17(9-12-22)23-10-2-3-15(13-23)19(24)21-16-5-6-16/h4,7,15-17H,2-3,5-6,8-13H2,1H3,(H,21,24)/t15-/m1/s1. The summed E-state index contributed by atoms with van der Waals surface area (Å²) in [6.45, 7) is 5.68. The average Bonchev–Trinajstić information content (AvgIpc) is 3.38. The summed E-state index contributed by atoms with van der Waals surface area (Å²) in [4.78, 5) is 31.6. The van der Waals surface area contributed by atoms with Gasteiger partial charge in [-0.15, -0.1) is 11.3 Å². The molecule has 2 saturated heterocycles. The molecule has 0 aromatic carbocycles. The number of hydrogen-bond donors (Lipinski definition) is 1. The number of likely N-dealkylation sites (tertiary alicyclic amines) is 2. The van der Waals surface area contributed by atoms with Crippen molar-refractivity contribution >= 4 is 23.2 Å². The van der Waals surface area contributed by atoms with E-state index in [4.69, 9.17) is 0 Å². The van der Waals surface area contributed by atoms with Crippen LogP contribution in [0, 0.1) is 12.8 Å². The SMILES string of the molecule is Cc1ccc(C(=O)N2CCC(N3CCC[C@@H](C(=O)NC4CC4)C3)CC2)s1. The van der Waals surface area contributed by atoms with Crippen LogP contribution in [-0.2, 0) is 4.79 Å². The number of amides is 2. The Morgan fingerprint density at radius 2 is 1.85 bits per heavy atom.